The number of rotatable bonds is 6. The Kier molecular flexibility index (Phi) is 5.69. The van der Waals surface area contributed by atoms with E-state index in [2.05, 4.69) is 11.9 Å². The van der Waals surface area contributed by atoms with Crippen LogP contribution in [0.25, 0.3) is 0 Å². The zero-order valence-corrected chi connectivity index (χ0v) is 13.7. The topological polar surface area (TPSA) is 38.5 Å². The van der Waals surface area contributed by atoms with Crippen LogP contribution in [-0.2, 0) is 0 Å². The number of nitrogens with two attached hydrogens (primary N) is 1. The lowest BCUT2D eigenvalue weighted by Gasteiger charge is -2.20. The fraction of sp³-hybridized carbons (Fsp3) is 0.533. The lowest BCUT2D eigenvalue weighted by atomic mass is 10.1. The van der Waals surface area contributed by atoms with E-state index in [1.165, 1.54) is 19.4 Å². The van der Waals surface area contributed by atoms with Gasteiger partial charge in [0, 0.05) is 10.9 Å². The van der Waals surface area contributed by atoms with E-state index in [0.29, 0.717) is 17.6 Å². The number of nitrogens with zero attached hydrogens (tertiary/aromatic N) is 1. The van der Waals surface area contributed by atoms with Gasteiger partial charge < -0.3 is 15.4 Å². The highest BCUT2D eigenvalue weighted by Crippen LogP contribution is 2.29. The molecule has 2 rings (SSSR count). The zero-order chi connectivity index (χ0) is 14.5. The van der Waals surface area contributed by atoms with E-state index in [1.807, 2.05) is 24.5 Å². The van der Waals surface area contributed by atoms with Crippen LogP contribution in [-0.4, -0.2) is 42.4 Å². The molecule has 1 unspecified atom stereocenters. The number of likely N-dealkylation sites (tertiary alicyclic amines) is 1. The molecule has 0 aromatic heterocycles. The van der Waals surface area contributed by atoms with E-state index < -0.39 is 0 Å². The molecule has 1 heterocycles. The van der Waals surface area contributed by atoms with Crippen molar-refractivity contribution in [2.75, 3.05) is 26.5 Å². The van der Waals surface area contributed by atoms with Crippen LogP contribution in [0.3, 0.4) is 0 Å². The minimum absolute atomic E-state index is 0.405. The molecule has 1 aromatic carbocycles. The predicted molar refractivity (Wildman–Crippen MR) is 89.9 cm³/mol. The fourth-order valence-corrected chi connectivity index (χ4v) is 3.60. The molecular formula is C15H22N2OS2. The van der Waals surface area contributed by atoms with E-state index in [4.69, 9.17) is 22.7 Å². The highest BCUT2D eigenvalue weighted by Gasteiger charge is 2.20. The highest BCUT2D eigenvalue weighted by atomic mass is 32.2. The second kappa shape index (κ2) is 7.29. The van der Waals surface area contributed by atoms with Crippen LogP contribution < -0.4 is 10.5 Å². The molecule has 0 spiro atoms. The van der Waals surface area contributed by atoms with Crippen molar-refractivity contribution in [3.8, 4) is 5.75 Å². The van der Waals surface area contributed by atoms with Crippen molar-refractivity contribution < 1.29 is 4.74 Å². The Hall–Kier alpha value is -0.780. The lowest BCUT2D eigenvalue weighted by Crippen LogP contribution is -2.26. The summed E-state index contributed by atoms with van der Waals surface area (Å²) >= 11 is 6.80. The molecule has 1 aliphatic rings. The average molecular weight is 310 g/mol. The Morgan fingerprint density at radius 3 is 2.95 bits per heavy atom. The van der Waals surface area contributed by atoms with Gasteiger partial charge in [-0.15, -0.1) is 11.8 Å². The minimum Gasteiger partial charge on any atom is -0.493 e. The predicted octanol–water partition coefficient (Wildman–Crippen LogP) is 2.91. The van der Waals surface area contributed by atoms with Crippen molar-refractivity contribution in [2.45, 2.75) is 30.2 Å². The molecule has 1 fully saturated rings. The van der Waals surface area contributed by atoms with E-state index in [1.54, 1.807) is 11.8 Å². The highest BCUT2D eigenvalue weighted by molar-refractivity contribution is 7.98. The minimum atomic E-state index is 0.405. The van der Waals surface area contributed by atoms with E-state index in [0.717, 1.165) is 22.6 Å². The summed E-state index contributed by atoms with van der Waals surface area (Å²) in [5.74, 6) is 0.810. The van der Waals surface area contributed by atoms with Gasteiger partial charge in [0.15, 0.2) is 0 Å². The molecule has 2 N–H and O–H groups in total. The summed E-state index contributed by atoms with van der Waals surface area (Å²) in [5.41, 5.74) is 6.71. The molecule has 0 amide bonds. The number of benzene rings is 1. The van der Waals surface area contributed by atoms with Crippen LogP contribution in [0.5, 0.6) is 5.75 Å². The summed E-state index contributed by atoms with van der Waals surface area (Å²) in [4.78, 5) is 3.90. The molecule has 0 radical (unpaired) electrons. The second-order valence-electron chi connectivity index (χ2n) is 5.11. The maximum absolute atomic E-state index is 5.94. The van der Waals surface area contributed by atoms with Gasteiger partial charge in [0.1, 0.15) is 10.7 Å². The molecule has 110 valence electrons. The second-order valence-corrected chi connectivity index (χ2v) is 6.40. The Balaban J connectivity index is 2.00. The van der Waals surface area contributed by atoms with Crippen LogP contribution in [0.15, 0.2) is 23.1 Å². The maximum Gasteiger partial charge on any atom is 0.130 e. The monoisotopic (exact) mass is 310 g/mol. The smallest absolute Gasteiger partial charge is 0.130 e. The standard InChI is InChI=1S/C15H22N2OS2/c1-17-9-4-5-11(17)8-10-18-12-6-3-7-13(20-2)14(12)15(16)19/h3,6-7,11H,4-5,8-10H2,1-2H3,(H2,16,19). The maximum atomic E-state index is 5.94. The van der Waals surface area contributed by atoms with Crippen molar-refractivity contribution in [1.82, 2.24) is 4.90 Å². The third-order valence-electron chi connectivity index (χ3n) is 3.83. The van der Waals surface area contributed by atoms with Crippen LogP contribution in [0.4, 0.5) is 0 Å². The number of thioether (sulfide) groups is 1. The summed E-state index contributed by atoms with van der Waals surface area (Å²) in [6.07, 6.45) is 5.64. The molecule has 20 heavy (non-hydrogen) atoms. The van der Waals surface area contributed by atoms with Crippen molar-refractivity contribution in [3.05, 3.63) is 23.8 Å². The fourth-order valence-electron chi connectivity index (χ4n) is 2.69. The molecule has 1 atom stereocenters. The van der Waals surface area contributed by atoms with Gasteiger partial charge in [0.05, 0.1) is 12.2 Å². The molecule has 1 aliphatic heterocycles. The van der Waals surface area contributed by atoms with Gasteiger partial charge in [-0.1, -0.05) is 18.3 Å². The van der Waals surface area contributed by atoms with Gasteiger partial charge in [-0.3, -0.25) is 0 Å². The molecule has 0 saturated carbocycles. The average Bonchev–Trinajstić information content (AvgIpc) is 2.84. The normalized spacial score (nSPS) is 19.2. The summed E-state index contributed by atoms with van der Waals surface area (Å²) in [6.45, 7) is 1.91. The van der Waals surface area contributed by atoms with Gasteiger partial charge in [-0.05, 0) is 51.2 Å². The Labute approximate surface area is 130 Å². The third-order valence-corrected chi connectivity index (χ3v) is 4.82. The summed E-state index contributed by atoms with van der Waals surface area (Å²) < 4.78 is 5.94. The summed E-state index contributed by atoms with van der Waals surface area (Å²) in [6, 6.07) is 6.61. The van der Waals surface area contributed by atoms with Crippen molar-refractivity contribution in [1.29, 1.82) is 0 Å². The quantitative estimate of drug-likeness (QED) is 0.646. The van der Waals surface area contributed by atoms with E-state index in [-0.39, 0.29) is 0 Å². The van der Waals surface area contributed by atoms with Gasteiger partial charge in [-0.25, -0.2) is 0 Å². The third kappa shape index (κ3) is 3.65. The first-order chi connectivity index (χ1) is 9.63. The van der Waals surface area contributed by atoms with E-state index >= 15 is 0 Å². The van der Waals surface area contributed by atoms with Gasteiger partial charge >= 0.3 is 0 Å². The summed E-state index contributed by atoms with van der Waals surface area (Å²) in [5, 5.41) is 0. The number of thiocarbonyl (C=S) groups is 1. The van der Waals surface area contributed by atoms with Crippen LogP contribution >= 0.6 is 24.0 Å². The number of hydrogen-bond donors (Lipinski definition) is 1. The van der Waals surface area contributed by atoms with Crippen molar-refractivity contribution in [3.63, 3.8) is 0 Å². The SMILES string of the molecule is CSc1cccc(OCCC2CCCN2C)c1C(N)=S. The number of hydrogen-bond acceptors (Lipinski definition) is 4. The molecule has 0 aliphatic carbocycles. The van der Waals surface area contributed by atoms with E-state index in [9.17, 15) is 0 Å². The Morgan fingerprint density at radius 2 is 2.35 bits per heavy atom. The van der Waals surface area contributed by atoms with Gasteiger partial charge in [0.2, 0.25) is 0 Å². The van der Waals surface area contributed by atoms with Crippen molar-refractivity contribution in [2.24, 2.45) is 5.73 Å². The first-order valence-electron chi connectivity index (χ1n) is 6.93. The summed E-state index contributed by atoms with van der Waals surface area (Å²) in [7, 11) is 2.19. The Morgan fingerprint density at radius 1 is 1.55 bits per heavy atom. The zero-order valence-electron chi connectivity index (χ0n) is 12.1. The van der Waals surface area contributed by atoms with Crippen LogP contribution in [0.2, 0.25) is 0 Å². The lowest BCUT2D eigenvalue weighted by molar-refractivity contribution is 0.233. The van der Waals surface area contributed by atoms with Crippen LogP contribution in [0, 0.1) is 0 Å². The number of ether oxygens (including phenoxy) is 1. The first-order valence-corrected chi connectivity index (χ1v) is 8.56. The first kappa shape index (κ1) is 15.6. The van der Waals surface area contributed by atoms with Crippen LogP contribution in [0.1, 0.15) is 24.8 Å². The van der Waals surface area contributed by atoms with Crippen molar-refractivity contribution >= 4 is 29.0 Å². The molecule has 3 nitrogen and oxygen atoms in total. The van der Waals surface area contributed by atoms with Gasteiger partial charge in [-0.2, -0.15) is 0 Å². The molecule has 0 bridgehead atoms. The molecule has 1 aromatic rings. The Bertz CT molecular complexity index is 479. The molecular weight excluding hydrogens is 288 g/mol. The van der Waals surface area contributed by atoms with Gasteiger partial charge in [0.25, 0.3) is 0 Å². The molecule has 5 heteroatoms. The molecule has 1 saturated heterocycles. The largest absolute Gasteiger partial charge is 0.493 e.